The maximum atomic E-state index is 12.8. The fourth-order valence-corrected chi connectivity index (χ4v) is 4.30. The third-order valence-electron chi connectivity index (χ3n) is 5.65. The lowest BCUT2D eigenvalue weighted by atomic mass is 9.98. The van der Waals surface area contributed by atoms with Crippen LogP contribution in [0, 0.1) is 5.92 Å². The minimum absolute atomic E-state index is 0.128. The molecule has 1 amide bonds. The Morgan fingerprint density at radius 1 is 0.943 bits per heavy atom. The second kappa shape index (κ2) is 14.3. The van der Waals surface area contributed by atoms with Crippen LogP contribution >= 0.6 is 11.6 Å². The van der Waals surface area contributed by atoms with Gasteiger partial charge in [-0.2, -0.15) is 0 Å². The van der Waals surface area contributed by atoms with Gasteiger partial charge in [-0.05, 0) is 61.7 Å². The monoisotopic (exact) mass is 503 g/mol. The van der Waals surface area contributed by atoms with Gasteiger partial charge < -0.3 is 25.3 Å². The highest BCUT2D eigenvalue weighted by molar-refractivity contribution is 6.33. The first-order valence-electron chi connectivity index (χ1n) is 11.6. The third kappa shape index (κ3) is 9.96. The molecule has 2 heterocycles. The highest BCUT2D eigenvalue weighted by atomic mass is 35.5. The maximum absolute atomic E-state index is 12.8. The van der Waals surface area contributed by atoms with E-state index in [1.54, 1.807) is 0 Å². The van der Waals surface area contributed by atoms with E-state index >= 15 is 0 Å². The van der Waals surface area contributed by atoms with E-state index in [1.807, 2.05) is 41.3 Å². The van der Waals surface area contributed by atoms with E-state index in [4.69, 9.17) is 31.4 Å². The number of rotatable bonds is 4. The number of aliphatic carboxylic acids is 2. The predicted molar refractivity (Wildman–Crippen MR) is 137 cm³/mol. The number of benzene rings is 2. The Balaban J connectivity index is 0.000000473. The molecule has 190 valence electrons. The van der Waals surface area contributed by atoms with Gasteiger partial charge in [0.15, 0.2) is 0 Å². The summed E-state index contributed by atoms with van der Waals surface area (Å²) < 4.78 is 0. The molecule has 2 aromatic carbocycles. The number of carbonyl (C=O) groups is 3. The van der Waals surface area contributed by atoms with Gasteiger partial charge in [0.05, 0.1) is 10.7 Å². The molecule has 2 aliphatic rings. The van der Waals surface area contributed by atoms with Crippen LogP contribution in [0.15, 0.2) is 48.5 Å². The van der Waals surface area contributed by atoms with Crippen molar-refractivity contribution in [3.8, 4) is 0 Å². The molecule has 2 aromatic rings. The summed E-state index contributed by atoms with van der Waals surface area (Å²) in [6.07, 6.45) is 2.34. The first-order valence-corrected chi connectivity index (χ1v) is 12.0. The van der Waals surface area contributed by atoms with Crippen molar-refractivity contribution in [2.75, 3.05) is 44.2 Å². The Morgan fingerprint density at radius 2 is 1.51 bits per heavy atom. The summed E-state index contributed by atoms with van der Waals surface area (Å²) in [6.45, 7) is 7.46. The van der Waals surface area contributed by atoms with E-state index < -0.39 is 11.9 Å². The normalized spacial score (nSPS) is 16.9. The van der Waals surface area contributed by atoms with Gasteiger partial charge in [0.2, 0.25) is 0 Å². The lowest BCUT2D eigenvalue weighted by Crippen LogP contribution is -2.48. The molecule has 3 N–H and O–H groups in total. The Kier molecular flexibility index (Phi) is 11.5. The number of carbonyl (C=O) groups excluding carboxylic acids is 1. The van der Waals surface area contributed by atoms with Crippen molar-refractivity contribution in [2.24, 2.45) is 5.92 Å². The van der Waals surface area contributed by atoms with Crippen LogP contribution in [0.4, 0.5) is 5.69 Å². The van der Waals surface area contributed by atoms with Gasteiger partial charge in [0.1, 0.15) is 0 Å². The van der Waals surface area contributed by atoms with Crippen molar-refractivity contribution in [2.45, 2.75) is 26.7 Å². The average Bonchev–Trinajstić information content (AvgIpc) is 3.32. The first kappa shape index (κ1) is 28.1. The maximum Gasteiger partial charge on any atom is 0.300 e. The molecule has 0 aromatic heterocycles. The summed E-state index contributed by atoms with van der Waals surface area (Å²) in [7, 11) is 0. The number of para-hydroxylation sites is 1. The number of hydrogen-bond donors (Lipinski definition) is 3. The predicted octanol–water partition coefficient (Wildman–Crippen LogP) is 3.64. The molecular formula is C26H34ClN3O5. The van der Waals surface area contributed by atoms with Gasteiger partial charge in [0, 0.05) is 45.6 Å². The highest BCUT2D eigenvalue weighted by Gasteiger charge is 2.23. The number of piperazine rings is 1. The molecule has 9 heteroatoms. The molecule has 1 unspecified atom stereocenters. The number of nitrogens with one attached hydrogen (secondary N) is 1. The number of carboxylic acid groups (broad SMARTS) is 2. The molecule has 0 saturated carbocycles. The van der Waals surface area contributed by atoms with Crippen LogP contribution in [0.2, 0.25) is 5.02 Å². The van der Waals surface area contributed by atoms with Gasteiger partial charge in [-0.3, -0.25) is 14.4 Å². The van der Waals surface area contributed by atoms with Crippen LogP contribution < -0.4 is 10.2 Å². The number of hydrogen-bond acceptors (Lipinski definition) is 5. The minimum Gasteiger partial charge on any atom is -0.481 e. The zero-order valence-electron chi connectivity index (χ0n) is 20.2. The van der Waals surface area contributed by atoms with Crippen LogP contribution in [0.5, 0.6) is 0 Å². The smallest absolute Gasteiger partial charge is 0.300 e. The van der Waals surface area contributed by atoms with Crippen molar-refractivity contribution >= 4 is 35.1 Å². The third-order valence-corrected chi connectivity index (χ3v) is 5.97. The summed E-state index contributed by atoms with van der Waals surface area (Å²) in [5.41, 5.74) is 3.16. The Morgan fingerprint density at radius 3 is 2.03 bits per heavy atom. The van der Waals surface area contributed by atoms with Crippen LogP contribution in [-0.2, 0) is 16.0 Å². The largest absolute Gasteiger partial charge is 0.481 e. The van der Waals surface area contributed by atoms with Crippen molar-refractivity contribution in [1.82, 2.24) is 10.2 Å². The molecule has 1 atom stereocenters. The van der Waals surface area contributed by atoms with E-state index in [1.165, 1.54) is 12.0 Å². The standard InChI is InChI=1S/C22H26ClN3O.2C2H4O2/c23-20-3-1-2-4-21(20)25-11-13-26(14-12-25)22(27)19-7-5-17(6-8-19)15-18-9-10-24-16-18;2*1-2(3)4/h1-8,18,24H,9-16H2;2*1H3,(H,3,4). The van der Waals surface area contributed by atoms with Gasteiger partial charge in [-0.15, -0.1) is 0 Å². The average molecular weight is 504 g/mol. The molecule has 8 nitrogen and oxygen atoms in total. The Bertz CT molecular complexity index is 949. The summed E-state index contributed by atoms with van der Waals surface area (Å²) in [5, 5.41) is 19.0. The van der Waals surface area contributed by atoms with Gasteiger partial charge >= 0.3 is 0 Å². The van der Waals surface area contributed by atoms with E-state index in [9.17, 15) is 4.79 Å². The summed E-state index contributed by atoms with van der Waals surface area (Å²) in [5.74, 6) is -0.813. The second-order valence-corrected chi connectivity index (χ2v) is 8.94. The van der Waals surface area contributed by atoms with Crippen molar-refractivity contribution in [3.63, 3.8) is 0 Å². The van der Waals surface area contributed by atoms with E-state index in [0.717, 1.165) is 81.7 Å². The van der Waals surface area contributed by atoms with E-state index in [0.29, 0.717) is 0 Å². The Hall–Kier alpha value is -3.10. The number of nitrogens with zero attached hydrogens (tertiary/aromatic N) is 2. The van der Waals surface area contributed by atoms with E-state index in [2.05, 4.69) is 22.3 Å². The molecule has 2 fully saturated rings. The van der Waals surface area contributed by atoms with Gasteiger partial charge in [0.25, 0.3) is 17.8 Å². The fraction of sp³-hybridized carbons (Fsp3) is 0.423. The Labute approximate surface area is 211 Å². The van der Waals surface area contributed by atoms with Gasteiger partial charge in [-0.25, -0.2) is 0 Å². The molecule has 0 radical (unpaired) electrons. The van der Waals surface area contributed by atoms with Crippen molar-refractivity contribution in [1.29, 1.82) is 0 Å². The number of carboxylic acids is 2. The number of amides is 1. The quantitative estimate of drug-likeness (QED) is 0.584. The SMILES string of the molecule is CC(=O)O.CC(=O)O.O=C(c1ccc(CC2CCNC2)cc1)N1CCN(c2ccccc2Cl)CC1. The molecule has 2 saturated heterocycles. The molecule has 0 aliphatic carbocycles. The molecular weight excluding hydrogens is 470 g/mol. The second-order valence-electron chi connectivity index (χ2n) is 8.53. The number of anilines is 1. The topological polar surface area (TPSA) is 110 Å². The zero-order chi connectivity index (χ0) is 25.8. The molecule has 4 rings (SSSR count). The lowest BCUT2D eigenvalue weighted by molar-refractivity contribution is -0.135. The fourth-order valence-electron chi connectivity index (χ4n) is 4.05. The summed E-state index contributed by atoms with van der Waals surface area (Å²) in [4.78, 5) is 35.0. The molecule has 0 bridgehead atoms. The minimum atomic E-state index is -0.833. The summed E-state index contributed by atoms with van der Waals surface area (Å²) >= 11 is 6.30. The van der Waals surface area contributed by atoms with Crippen molar-refractivity contribution in [3.05, 3.63) is 64.7 Å². The first-order chi connectivity index (χ1) is 16.7. The van der Waals surface area contributed by atoms with Crippen LogP contribution in [-0.4, -0.2) is 72.2 Å². The lowest BCUT2D eigenvalue weighted by Gasteiger charge is -2.36. The highest BCUT2D eigenvalue weighted by Crippen LogP contribution is 2.26. The van der Waals surface area contributed by atoms with Crippen LogP contribution in [0.1, 0.15) is 36.2 Å². The number of halogens is 1. The summed E-state index contributed by atoms with van der Waals surface area (Å²) in [6, 6.07) is 16.1. The molecule has 0 spiro atoms. The van der Waals surface area contributed by atoms with Crippen LogP contribution in [0.25, 0.3) is 0 Å². The van der Waals surface area contributed by atoms with Crippen molar-refractivity contribution < 1.29 is 24.6 Å². The van der Waals surface area contributed by atoms with Crippen LogP contribution in [0.3, 0.4) is 0 Å². The van der Waals surface area contributed by atoms with E-state index in [-0.39, 0.29) is 5.91 Å². The molecule has 2 aliphatic heterocycles. The van der Waals surface area contributed by atoms with Gasteiger partial charge in [-0.1, -0.05) is 35.9 Å². The molecule has 35 heavy (non-hydrogen) atoms. The zero-order valence-corrected chi connectivity index (χ0v) is 21.0.